The predicted octanol–water partition coefficient (Wildman–Crippen LogP) is 2.95. The minimum atomic E-state index is 0.0289. The summed E-state index contributed by atoms with van der Waals surface area (Å²) in [6, 6.07) is 5.22. The van der Waals surface area contributed by atoms with Crippen LogP contribution >= 0.6 is 11.6 Å². The van der Waals surface area contributed by atoms with E-state index in [0.717, 1.165) is 6.54 Å². The second kappa shape index (κ2) is 7.49. The van der Waals surface area contributed by atoms with Gasteiger partial charge in [-0.2, -0.15) is 0 Å². The van der Waals surface area contributed by atoms with Crippen LogP contribution in [0.5, 0.6) is 0 Å². The number of benzene rings is 1. The first-order chi connectivity index (χ1) is 10.2. The third kappa shape index (κ3) is 4.49. The van der Waals surface area contributed by atoms with E-state index in [0.29, 0.717) is 35.0 Å². The van der Waals surface area contributed by atoms with E-state index in [9.17, 15) is 4.79 Å². The first kappa shape index (κ1) is 15.9. The summed E-state index contributed by atoms with van der Waals surface area (Å²) in [5.41, 5.74) is 1.29. The van der Waals surface area contributed by atoms with Crippen LogP contribution in [-0.2, 0) is 0 Å². The molecule has 0 heterocycles. The van der Waals surface area contributed by atoms with Crippen molar-refractivity contribution in [1.29, 1.82) is 0 Å². The van der Waals surface area contributed by atoms with Gasteiger partial charge in [-0.15, -0.1) is 0 Å². The number of rotatable bonds is 5. The Morgan fingerprint density at radius 1 is 1.48 bits per heavy atom. The Hall–Kier alpha value is -1.50. The summed E-state index contributed by atoms with van der Waals surface area (Å²) in [7, 11) is 0. The van der Waals surface area contributed by atoms with Crippen molar-refractivity contribution < 1.29 is 9.90 Å². The van der Waals surface area contributed by atoms with Gasteiger partial charge in [0, 0.05) is 30.6 Å². The highest BCUT2D eigenvalue weighted by atomic mass is 35.5. The second-order valence-electron chi connectivity index (χ2n) is 5.26. The Balaban J connectivity index is 2.11. The van der Waals surface area contributed by atoms with Crippen LogP contribution in [0.15, 0.2) is 18.2 Å². The van der Waals surface area contributed by atoms with Crippen molar-refractivity contribution in [3.05, 3.63) is 34.3 Å². The summed E-state index contributed by atoms with van der Waals surface area (Å²) < 4.78 is 0. The van der Waals surface area contributed by atoms with Gasteiger partial charge in [0.2, 0.25) is 0 Å². The van der Waals surface area contributed by atoms with Crippen molar-refractivity contribution >= 4 is 17.5 Å². The molecule has 1 saturated carbocycles. The van der Waals surface area contributed by atoms with Gasteiger partial charge in [-0.1, -0.05) is 23.4 Å². The number of nitrogens with zero attached hydrogens (tertiary/aromatic N) is 1. The fraction of sp³-hybridized carbons (Fsp3) is 0.471. The molecule has 1 N–H and O–H groups in total. The molecule has 2 rings (SSSR count). The van der Waals surface area contributed by atoms with Gasteiger partial charge in [-0.25, -0.2) is 0 Å². The van der Waals surface area contributed by atoms with Crippen LogP contribution in [0.4, 0.5) is 0 Å². The summed E-state index contributed by atoms with van der Waals surface area (Å²) >= 11 is 6.18. The Bertz CT molecular complexity index is 570. The Labute approximate surface area is 130 Å². The molecule has 0 aromatic heterocycles. The van der Waals surface area contributed by atoms with Crippen LogP contribution in [0.2, 0.25) is 5.02 Å². The molecule has 0 bridgehead atoms. The first-order valence-electron chi connectivity index (χ1n) is 7.34. The number of aliphatic hydroxyl groups is 1. The van der Waals surface area contributed by atoms with Crippen LogP contribution in [0, 0.1) is 17.8 Å². The molecule has 1 aliphatic rings. The third-order valence-corrected chi connectivity index (χ3v) is 3.83. The van der Waals surface area contributed by atoms with Crippen molar-refractivity contribution in [3.8, 4) is 11.8 Å². The molecular weight excluding hydrogens is 286 g/mol. The number of hydrogen-bond donors (Lipinski definition) is 1. The highest BCUT2D eigenvalue weighted by molar-refractivity contribution is 6.32. The zero-order valence-corrected chi connectivity index (χ0v) is 13.0. The second-order valence-corrected chi connectivity index (χ2v) is 5.66. The Morgan fingerprint density at radius 2 is 2.24 bits per heavy atom. The van der Waals surface area contributed by atoms with E-state index in [2.05, 4.69) is 11.8 Å². The van der Waals surface area contributed by atoms with E-state index >= 15 is 0 Å². The van der Waals surface area contributed by atoms with E-state index < -0.39 is 0 Å². The average molecular weight is 306 g/mol. The summed E-state index contributed by atoms with van der Waals surface area (Å²) in [5, 5.41) is 9.19. The molecule has 1 aliphatic carbocycles. The number of hydrogen-bond acceptors (Lipinski definition) is 2. The molecule has 0 atom stereocenters. The van der Waals surface area contributed by atoms with E-state index in [-0.39, 0.29) is 12.5 Å². The molecule has 1 aromatic carbocycles. The maximum atomic E-state index is 12.5. The molecule has 0 aliphatic heterocycles. The molecule has 0 unspecified atom stereocenters. The maximum absolute atomic E-state index is 12.5. The lowest BCUT2D eigenvalue weighted by Gasteiger charge is -2.21. The predicted molar refractivity (Wildman–Crippen MR) is 84.3 cm³/mol. The van der Waals surface area contributed by atoms with Gasteiger partial charge in [0.05, 0.1) is 11.6 Å². The number of carbonyl (C=O) groups is 1. The highest BCUT2D eigenvalue weighted by Crippen LogP contribution is 2.30. The van der Waals surface area contributed by atoms with E-state index in [1.54, 1.807) is 18.2 Å². The van der Waals surface area contributed by atoms with Crippen molar-refractivity contribution in [2.45, 2.75) is 26.2 Å². The number of halogens is 1. The summed E-state index contributed by atoms with van der Waals surface area (Å²) in [6.45, 7) is 3.58. The van der Waals surface area contributed by atoms with Crippen LogP contribution in [-0.4, -0.2) is 35.6 Å². The molecule has 0 radical (unpaired) electrons. The van der Waals surface area contributed by atoms with Crippen molar-refractivity contribution in [2.24, 2.45) is 5.92 Å². The van der Waals surface area contributed by atoms with Crippen LogP contribution < -0.4 is 0 Å². The minimum Gasteiger partial charge on any atom is -0.395 e. The van der Waals surface area contributed by atoms with Crippen LogP contribution in [0.3, 0.4) is 0 Å². The molecule has 112 valence electrons. The fourth-order valence-corrected chi connectivity index (χ4v) is 2.34. The van der Waals surface area contributed by atoms with Gasteiger partial charge in [0.25, 0.3) is 5.91 Å². The lowest BCUT2D eigenvalue weighted by molar-refractivity contribution is 0.0757. The standard InChI is InChI=1S/C17H20ClNO2/c1-2-19(12-13-6-7-13)17(21)15-9-8-14(16(18)11-15)5-3-4-10-20/h8-9,11,13,20H,2,4,6-7,10,12H2,1H3. The van der Waals surface area contributed by atoms with Crippen molar-refractivity contribution in [2.75, 3.05) is 19.7 Å². The molecule has 1 aromatic rings. The first-order valence-corrected chi connectivity index (χ1v) is 7.72. The maximum Gasteiger partial charge on any atom is 0.253 e. The third-order valence-electron chi connectivity index (χ3n) is 3.52. The largest absolute Gasteiger partial charge is 0.395 e. The van der Waals surface area contributed by atoms with E-state index in [1.165, 1.54) is 12.8 Å². The molecule has 1 amide bonds. The molecule has 4 heteroatoms. The lowest BCUT2D eigenvalue weighted by atomic mass is 10.1. The smallest absolute Gasteiger partial charge is 0.253 e. The summed E-state index contributed by atoms with van der Waals surface area (Å²) in [4.78, 5) is 14.3. The normalized spacial score (nSPS) is 13.5. The van der Waals surface area contributed by atoms with Crippen LogP contribution in [0.1, 0.15) is 42.1 Å². The summed E-state index contributed by atoms with van der Waals surface area (Å²) in [6.07, 6.45) is 2.87. The van der Waals surface area contributed by atoms with E-state index in [4.69, 9.17) is 16.7 Å². The average Bonchev–Trinajstić information content (AvgIpc) is 3.30. The molecule has 21 heavy (non-hydrogen) atoms. The van der Waals surface area contributed by atoms with Crippen LogP contribution in [0.25, 0.3) is 0 Å². The van der Waals surface area contributed by atoms with Crippen molar-refractivity contribution in [3.63, 3.8) is 0 Å². The zero-order valence-electron chi connectivity index (χ0n) is 12.2. The van der Waals surface area contributed by atoms with Crippen molar-refractivity contribution in [1.82, 2.24) is 4.90 Å². The Morgan fingerprint density at radius 3 is 2.81 bits per heavy atom. The molecule has 0 saturated heterocycles. The molecule has 1 fully saturated rings. The fourth-order valence-electron chi connectivity index (χ4n) is 2.11. The van der Waals surface area contributed by atoms with Gasteiger partial charge in [-0.05, 0) is 43.9 Å². The van der Waals surface area contributed by atoms with Gasteiger partial charge < -0.3 is 10.0 Å². The van der Waals surface area contributed by atoms with Gasteiger partial charge >= 0.3 is 0 Å². The van der Waals surface area contributed by atoms with Gasteiger partial charge in [-0.3, -0.25) is 4.79 Å². The number of amides is 1. The van der Waals surface area contributed by atoms with Gasteiger partial charge in [0.1, 0.15) is 0 Å². The molecule has 0 spiro atoms. The Kier molecular flexibility index (Phi) is 5.67. The zero-order chi connectivity index (χ0) is 15.2. The topological polar surface area (TPSA) is 40.5 Å². The number of aliphatic hydroxyl groups excluding tert-OH is 1. The highest BCUT2D eigenvalue weighted by Gasteiger charge is 2.26. The summed E-state index contributed by atoms with van der Waals surface area (Å²) in [5.74, 6) is 6.43. The lowest BCUT2D eigenvalue weighted by Crippen LogP contribution is -2.32. The van der Waals surface area contributed by atoms with Gasteiger partial charge in [0.15, 0.2) is 0 Å². The molecule has 3 nitrogen and oxygen atoms in total. The quantitative estimate of drug-likeness (QED) is 0.850. The SMILES string of the molecule is CCN(CC1CC1)C(=O)c1ccc(C#CCCO)c(Cl)c1. The molecular formula is C17H20ClNO2. The monoisotopic (exact) mass is 305 g/mol. The number of carbonyl (C=O) groups excluding carboxylic acids is 1. The minimum absolute atomic E-state index is 0.0289. The van der Waals surface area contributed by atoms with E-state index in [1.807, 2.05) is 11.8 Å².